The van der Waals surface area contributed by atoms with E-state index < -0.39 is 6.10 Å². The quantitative estimate of drug-likeness (QED) is 0.716. The van der Waals surface area contributed by atoms with Gasteiger partial charge in [0.1, 0.15) is 5.52 Å². The van der Waals surface area contributed by atoms with E-state index >= 15 is 0 Å². The molecule has 3 aromatic rings. The SMILES string of the molecule is CC(C)Cn1cnc2cc(C(=O)N3C[C@H]4C[C@@H](n5cccn5)[C@H](O)C[C@H]4C3)cnc21. The topological polar surface area (TPSA) is 89.1 Å². The number of amides is 1. The summed E-state index contributed by atoms with van der Waals surface area (Å²) in [5.41, 5.74) is 2.16. The fourth-order valence-electron chi connectivity index (χ4n) is 5.11. The summed E-state index contributed by atoms with van der Waals surface area (Å²) in [4.78, 5) is 24.1. The van der Waals surface area contributed by atoms with Crippen LogP contribution in [0.3, 0.4) is 0 Å². The lowest BCUT2D eigenvalue weighted by Gasteiger charge is -2.35. The van der Waals surface area contributed by atoms with Crippen molar-refractivity contribution in [1.82, 2.24) is 29.2 Å². The van der Waals surface area contributed by atoms with E-state index in [-0.39, 0.29) is 11.9 Å². The zero-order chi connectivity index (χ0) is 20.8. The van der Waals surface area contributed by atoms with Gasteiger partial charge in [-0.05, 0) is 42.7 Å². The lowest BCUT2D eigenvalue weighted by molar-refractivity contribution is 0.0306. The molecule has 1 N–H and O–H groups in total. The van der Waals surface area contributed by atoms with E-state index in [9.17, 15) is 9.90 Å². The molecule has 1 amide bonds. The first-order chi connectivity index (χ1) is 14.5. The van der Waals surface area contributed by atoms with Crippen LogP contribution in [0.25, 0.3) is 11.2 Å². The Balaban J connectivity index is 1.31. The van der Waals surface area contributed by atoms with Crippen LogP contribution in [-0.4, -0.2) is 59.4 Å². The van der Waals surface area contributed by atoms with Crippen LogP contribution in [-0.2, 0) is 6.54 Å². The van der Waals surface area contributed by atoms with Crippen LogP contribution in [0.2, 0.25) is 0 Å². The number of carbonyl (C=O) groups is 1. The Morgan fingerprint density at radius 3 is 2.77 bits per heavy atom. The van der Waals surface area contributed by atoms with Crippen LogP contribution in [0, 0.1) is 17.8 Å². The molecule has 3 aromatic heterocycles. The third kappa shape index (κ3) is 3.39. The third-order valence-electron chi connectivity index (χ3n) is 6.53. The molecule has 0 aromatic carbocycles. The summed E-state index contributed by atoms with van der Waals surface area (Å²) in [6.07, 6.45) is 8.24. The number of nitrogens with zero attached hydrogens (tertiary/aromatic N) is 6. The van der Waals surface area contributed by atoms with Gasteiger partial charge in [0.25, 0.3) is 5.91 Å². The summed E-state index contributed by atoms with van der Waals surface area (Å²) in [5, 5.41) is 14.9. The summed E-state index contributed by atoms with van der Waals surface area (Å²) in [7, 11) is 0. The van der Waals surface area contributed by atoms with E-state index in [0.717, 1.165) is 24.1 Å². The number of aromatic nitrogens is 5. The Morgan fingerprint density at radius 1 is 1.23 bits per heavy atom. The van der Waals surface area contributed by atoms with Gasteiger partial charge in [-0.25, -0.2) is 9.97 Å². The molecule has 4 heterocycles. The Labute approximate surface area is 175 Å². The molecule has 1 aliphatic heterocycles. The smallest absolute Gasteiger partial charge is 0.255 e. The Hall–Kier alpha value is -2.74. The highest BCUT2D eigenvalue weighted by molar-refractivity contribution is 5.96. The summed E-state index contributed by atoms with van der Waals surface area (Å²) in [6.45, 7) is 6.57. The number of rotatable bonds is 4. The summed E-state index contributed by atoms with van der Waals surface area (Å²) < 4.78 is 3.90. The monoisotopic (exact) mass is 408 g/mol. The maximum atomic E-state index is 13.2. The Bertz CT molecular complexity index is 1040. The molecular formula is C22H28N6O2. The number of fused-ring (bicyclic) bond motifs is 2. The van der Waals surface area contributed by atoms with Gasteiger partial charge < -0.3 is 14.6 Å². The molecule has 0 spiro atoms. The van der Waals surface area contributed by atoms with Crippen molar-refractivity contribution in [2.45, 2.75) is 45.4 Å². The number of carbonyl (C=O) groups excluding carboxylic acids is 1. The second kappa shape index (κ2) is 7.50. The van der Waals surface area contributed by atoms with Gasteiger partial charge in [0.2, 0.25) is 0 Å². The number of aliphatic hydroxyl groups excluding tert-OH is 1. The molecule has 1 saturated carbocycles. The van der Waals surface area contributed by atoms with E-state index in [2.05, 4.69) is 28.9 Å². The van der Waals surface area contributed by atoms with E-state index in [0.29, 0.717) is 42.8 Å². The minimum Gasteiger partial charge on any atom is -0.391 e. The minimum atomic E-state index is -0.427. The average molecular weight is 409 g/mol. The average Bonchev–Trinajstić information content (AvgIpc) is 3.45. The number of hydrogen-bond donors (Lipinski definition) is 1. The Morgan fingerprint density at radius 2 is 2.03 bits per heavy atom. The third-order valence-corrected chi connectivity index (χ3v) is 6.53. The van der Waals surface area contributed by atoms with E-state index in [1.807, 2.05) is 32.5 Å². The number of imidazole rings is 1. The number of likely N-dealkylation sites (tertiary alicyclic amines) is 1. The van der Waals surface area contributed by atoms with Crippen LogP contribution >= 0.6 is 0 Å². The maximum absolute atomic E-state index is 13.2. The molecule has 30 heavy (non-hydrogen) atoms. The molecule has 8 heteroatoms. The fraction of sp³-hybridized carbons (Fsp3) is 0.545. The molecule has 1 aliphatic carbocycles. The highest BCUT2D eigenvalue weighted by Gasteiger charge is 2.43. The normalized spacial score (nSPS) is 26.5. The minimum absolute atomic E-state index is 0.00217. The molecule has 4 atom stereocenters. The number of aliphatic hydroxyl groups is 1. The molecule has 5 rings (SSSR count). The van der Waals surface area contributed by atoms with Crippen LogP contribution in [0.1, 0.15) is 43.1 Å². The molecule has 0 radical (unpaired) electrons. The van der Waals surface area contributed by atoms with E-state index in [4.69, 9.17) is 0 Å². The predicted molar refractivity (Wildman–Crippen MR) is 112 cm³/mol. The maximum Gasteiger partial charge on any atom is 0.255 e. The summed E-state index contributed by atoms with van der Waals surface area (Å²) in [5.74, 6) is 1.22. The van der Waals surface area contributed by atoms with E-state index in [1.54, 1.807) is 18.7 Å². The van der Waals surface area contributed by atoms with Crippen molar-refractivity contribution in [2.75, 3.05) is 13.1 Å². The van der Waals surface area contributed by atoms with Crippen LogP contribution < -0.4 is 0 Å². The first-order valence-corrected chi connectivity index (χ1v) is 10.8. The van der Waals surface area contributed by atoms with Gasteiger partial charge in [-0.1, -0.05) is 13.8 Å². The van der Waals surface area contributed by atoms with Crippen molar-refractivity contribution in [3.05, 3.63) is 42.6 Å². The molecule has 158 valence electrons. The first kappa shape index (κ1) is 19.2. The van der Waals surface area contributed by atoms with Gasteiger partial charge in [0.15, 0.2) is 5.65 Å². The zero-order valence-electron chi connectivity index (χ0n) is 17.4. The van der Waals surface area contributed by atoms with Gasteiger partial charge in [-0.3, -0.25) is 9.48 Å². The van der Waals surface area contributed by atoms with Crippen molar-refractivity contribution < 1.29 is 9.90 Å². The van der Waals surface area contributed by atoms with Crippen molar-refractivity contribution >= 4 is 17.1 Å². The van der Waals surface area contributed by atoms with Crippen LogP contribution in [0.15, 0.2) is 37.1 Å². The van der Waals surface area contributed by atoms with Gasteiger partial charge in [0.05, 0.1) is 24.0 Å². The highest BCUT2D eigenvalue weighted by Crippen LogP contribution is 2.41. The van der Waals surface area contributed by atoms with Crippen molar-refractivity contribution in [3.63, 3.8) is 0 Å². The molecule has 2 aliphatic rings. The lowest BCUT2D eigenvalue weighted by atomic mass is 9.77. The van der Waals surface area contributed by atoms with E-state index in [1.165, 1.54) is 0 Å². The van der Waals surface area contributed by atoms with Gasteiger partial charge in [-0.15, -0.1) is 0 Å². The second-order valence-corrected chi connectivity index (χ2v) is 9.18. The number of pyridine rings is 1. The molecule has 0 unspecified atom stereocenters. The standard InChI is InChI=1S/C22H28N6O2/c1-14(2)10-27-13-24-18-6-15(9-23-21(18)27)22(30)26-11-16-7-19(28-5-3-4-25-28)20(29)8-17(16)12-26/h3-6,9,13-14,16-17,19-20,29H,7-8,10-12H2,1-2H3/t16-,17+,19-,20-/m1/s1. The molecule has 8 nitrogen and oxygen atoms in total. The largest absolute Gasteiger partial charge is 0.391 e. The van der Waals surface area contributed by atoms with Crippen molar-refractivity contribution in [2.24, 2.45) is 17.8 Å². The first-order valence-electron chi connectivity index (χ1n) is 10.8. The van der Waals surface area contributed by atoms with Gasteiger partial charge >= 0.3 is 0 Å². The molecular weight excluding hydrogens is 380 g/mol. The molecule has 0 bridgehead atoms. The van der Waals surface area contributed by atoms with Gasteiger partial charge in [0, 0.05) is 38.2 Å². The molecule has 1 saturated heterocycles. The lowest BCUT2D eigenvalue weighted by Crippen LogP contribution is -2.36. The van der Waals surface area contributed by atoms with Crippen LogP contribution in [0.4, 0.5) is 0 Å². The van der Waals surface area contributed by atoms with Gasteiger partial charge in [-0.2, -0.15) is 5.10 Å². The van der Waals surface area contributed by atoms with Crippen molar-refractivity contribution in [3.8, 4) is 0 Å². The zero-order valence-corrected chi connectivity index (χ0v) is 17.4. The molecule has 2 fully saturated rings. The van der Waals surface area contributed by atoms with Crippen molar-refractivity contribution in [1.29, 1.82) is 0 Å². The second-order valence-electron chi connectivity index (χ2n) is 9.18. The summed E-state index contributed by atoms with van der Waals surface area (Å²) in [6, 6.07) is 3.72. The number of hydrogen-bond acceptors (Lipinski definition) is 5. The highest BCUT2D eigenvalue weighted by atomic mass is 16.3. The predicted octanol–water partition coefficient (Wildman–Crippen LogP) is 2.37. The van der Waals surface area contributed by atoms with Crippen LogP contribution in [0.5, 0.6) is 0 Å². The Kier molecular flexibility index (Phi) is 4.81. The summed E-state index contributed by atoms with van der Waals surface area (Å²) >= 11 is 0. The fourth-order valence-corrected chi connectivity index (χ4v) is 5.11.